The van der Waals surface area contributed by atoms with E-state index in [1.54, 1.807) is 4.90 Å². The molecule has 116 valence electrons. The van der Waals surface area contributed by atoms with Gasteiger partial charge in [0.05, 0.1) is 5.75 Å². The zero-order valence-electron chi connectivity index (χ0n) is 12.2. The first-order chi connectivity index (χ1) is 10.5. The molecule has 22 heavy (non-hydrogen) atoms. The van der Waals surface area contributed by atoms with Gasteiger partial charge in [-0.25, -0.2) is 0 Å². The highest BCUT2D eigenvalue weighted by atomic mass is 32.2. The summed E-state index contributed by atoms with van der Waals surface area (Å²) in [5.41, 5.74) is 5.99. The van der Waals surface area contributed by atoms with Crippen molar-refractivity contribution in [2.24, 2.45) is 5.73 Å². The van der Waals surface area contributed by atoms with Gasteiger partial charge in [-0.15, -0.1) is 10.2 Å². The Hall–Kier alpha value is -1.93. The molecule has 1 aromatic heterocycles. The Bertz CT molecular complexity index is 658. The zero-order chi connectivity index (χ0) is 16.1. The topological polar surface area (TPSA) is 89.2 Å². The molecule has 0 aliphatic rings. The maximum absolute atomic E-state index is 12.5. The van der Waals surface area contributed by atoms with E-state index in [9.17, 15) is 9.59 Å². The minimum atomic E-state index is -0.608. The number of nitrogens with two attached hydrogens (primary N) is 1. The van der Waals surface area contributed by atoms with E-state index in [0.29, 0.717) is 4.34 Å². The van der Waals surface area contributed by atoms with Crippen LogP contribution < -0.4 is 10.6 Å². The van der Waals surface area contributed by atoms with E-state index in [1.807, 2.05) is 44.2 Å². The van der Waals surface area contributed by atoms with E-state index >= 15 is 0 Å². The van der Waals surface area contributed by atoms with Crippen molar-refractivity contribution >= 4 is 40.6 Å². The van der Waals surface area contributed by atoms with Crippen molar-refractivity contribution in [3.05, 3.63) is 35.3 Å². The van der Waals surface area contributed by atoms with Crippen LogP contribution in [0.2, 0.25) is 0 Å². The van der Waals surface area contributed by atoms with Crippen LogP contribution in [0.25, 0.3) is 0 Å². The molecule has 6 nitrogen and oxygen atoms in total. The van der Waals surface area contributed by atoms with Gasteiger partial charge >= 0.3 is 0 Å². The Morgan fingerprint density at radius 3 is 2.50 bits per heavy atom. The van der Waals surface area contributed by atoms with Gasteiger partial charge in [0, 0.05) is 11.7 Å². The highest BCUT2D eigenvalue weighted by molar-refractivity contribution is 8.01. The molecule has 8 heteroatoms. The number of amides is 2. The molecule has 0 unspecified atom stereocenters. The molecule has 2 aromatic rings. The third-order valence-electron chi connectivity index (χ3n) is 2.76. The van der Waals surface area contributed by atoms with Crippen LogP contribution in [0.4, 0.5) is 5.69 Å². The molecule has 0 radical (unpaired) electrons. The number of rotatable bonds is 6. The van der Waals surface area contributed by atoms with E-state index in [1.165, 1.54) is 11.8 Å². The maximum atomic E-state index is 12.5. The lowest BCUT2D eigenvalue weighted by atomic mass is 10.2. The summed E-state index contributed by atoms with van der Waals surface area (Å²) in [5, 5.41) is 7.68. The predicted octanol–water partition coefficient (Wildman–Crippen LogP) is 2.17. The average molecular weight is 336 g/mol. The Labute approximate surface area is 136 Å². The SMILES string of the molecule is CC(C)N(C(=O)CSc1nnc(C(N)=O)s1)c1ccccc1. The standard InChI is InChI=1S/C14H16N4O2S2/c1-9(2)18(10-6-4-3-5-7-10)11(19)8-21-14-17-16-13(22-14)12(15)20/h3-7,9H,8H2,1-2H3,(H2,15,20). The van der Waals surface area contributed by atoms with Gasteiger partial charge < -0.3 is 10.6 Å². The fourth-order valence-corrected chi connectivity index (χ4v) is 3.44. The van der Waals surface area contributed by atoms with Gasteiger partial charge in [-0.05, 0) is 26.0 Å². The monoisotopic (exact) mass is 336 g/mol. The lowest BCUT2D eigenvalue weighted by molar-refractivity contribution is -0.116. The molecule has 0 aliphatic carbocycles. The molecular weight excluding hydrogens is 320 g/mol. The number of aromatic nitrogens is 2. The summed E-state index contributed by atoms with van der Waals surface area (Å²) < 4.78 is 0.555. The molecule has 0 fully saturated rings. The van der Waals surface area contributed by atoms with Crippen LogP contribution in [-0.4, -0.2) is 33.8 Å². The first kappa shape index (κ1) is 16.4. The third kappa shape index (κ3) is 4.05. The first-order valence-electron chi connectivity index (χ1n) is 6.62. The predicted molar refractivity (Wildman–Crippen MR) is 88.2 cm³/mol. The summed E-state index contributed by atoms with van der Waals surface area (Å²) in [5.74, 6) is -0.411. The molecular formula is C14H16N4O2S2. The summed E-state index contributed by atoms with van der Waals surface area (Å²) in [7, 11) is 0. The van der Waals surface area contributed by atoms with Crippen LogP contribution in [0, 0.1) is 0 Å². The number of nitrogens with zero attached hydrogens (tertiary/aromatic N) is 3. The number of carbonyl (C=O) groups excluding carboxylic acids is 2. The van der Waals surface area contributed by atoms with Crippen molar-refractivity contribution in [3.8, 4) is 0 Å². The highest BCUT2D eigenvalue weighted by Gasteiger charge is 2.20. The maximum Gasteiger partial charge on any atom is 0.279 e. The number of hydrogen-bond donors (Lipinski definition) is 1. The van der Waals surface area contributed by atoms with Gasteiger partial charge in [-0.2, -0.15) is 0 Å². The molecule has 0 saturated heterocycles. The van der Waals surface area contributed by atoms with E-state index in [-0.39, 0.29) is 22.7 Å². The van der Waals surface area contributed by atoms with Crippen LogP contribution in [0.3, 0.4) is 0 Å². The molecule has 2 amide bonds. The number of hydrogen-bond acceptors (Lipinski definition) is 6. The van der Waals surface area contributed by atoms with Crippen molar-refractivity contribution < 1.29 is 9.59 Å². The number of anilines is 1. The van der Waals surface area contributed by atoms with Crippen LogP contribution >= 0.6 is 23.1 Å². The molecule has 0 aliphatic heterocycles. The second-order valence-electron chi connectivity index (χ2n) is 4.72. The second-order valence-corrected chi connectivity index (χ2v) is 6.92. The Kier molecular flexibility index (Phi) is 5.51. The van der Waals surface area contributed by atoms with Crippen LogP contribution in [0.5, 0.6) is 0 Å². The Balaban J connectivity index is 2.04. The van der Waals surface area contributed by atoms with Crippen molar-refractivity contribution in [2.45, 2.75) is 24.2 Å². The van der Waals surface area contributed by atoms with Crippen molar-refractivity contribution in [1.29, 1.82) is 0 Å². The molecule has 0 spiro atoms. The van der Waals surface area contributed by atoms with Crippen molar-refractivity contribution in [2.75, 3.05) is 10.7 Å². The zero-order valence-corrected chi connectivity index (χ0v) is 13.9. The van der Waals surface area contributed by atoms with Crippen LogP contribution in [0.15, 0.2) is 34.7 Å². The molecule has 0 bridgehead atoms. The van der Waals surface area contributed by atoms with E-state index in [4.69, 9.17) is 5.73 Å². The van der Waals surface area contributed by atoms with Gasteiger partial charge in [0.25, 0.3) is 5.91 Å². The van der Waals surface area contributed by atoms with Gasteiger partial charge in [0.15, 0.2) is 4.34 Å². The van der Waals surface area contributed by atoms with Gasteiger partial charge in [0.2, 0.25) is 10.9 Å². The summed E-state index contributed by atoms with van der Waals surface area (Å²) >= 11 is 2.35. The molecule has 0 atom stereocenters. The molecule has 1 aromatic carbocycles. The van der Waals surface area contributed by atoms with Crippen LogP contribution in [-0.2, 0) is 4.79 Å². The average Bonchev–Trinajstić information content (AvgIpc) is 2.95. The normalized spacial score (nSPS) is 10.7. The van der Waals surface area contributed by atoms with Crippen molar-refractivity contribution in [3.63, 3.8) is 0 Å². The summed E-state index contributed by atoms with van der Waals surface area (Å²) in [6, 6.07) is 9.56. The van der Waals surface area contributed by atoms with E-state index in [2.05, 4.69) is 10.2 Å². The van der Waals surface area contributed by atoms with Crippen LogP contribution in [0.1, 0.15) is 23.6 Å². The minimum Gasteiger partial charge on any atom is -0.363 e. The minimum absolute atomic E-state index is 0.0259. The molecule has 0 saturated carbocycles. The van der Waals surface area contributed by atoms with E-state index < -0.39 is 5.91 Å². The number of primary amides is 1. The fraction of sp³-hybridized carbons (Fsp3) is 0.286. The van der Waals surface area contributed by atoms with Gasteiger partial charge in [-0.3, -0.25) is 9.59 Å². The Morgan fingerprint density at radius 1 is 1.27 bits per heavy atom. The lowest BCUT2D eigenvalue weighted by Gasteiger charge is -2.26. The molecule has 2 N–H and O–H groups in total. The number of thioether (sulfide) groups is 1. The first-order valence-corrected chi connectivity index (χ1v) is 8.42. The Morgan fingerprint density at radius 2 is 1.95 bits per heavy atom. The third-order valence-corrected chi connectivity index (χ3v) is 4.81. The van der Waals surface area contributed by atoms with Gasteiger partial charge in [0.1, 0.15) is 0 Å². The smallest absolute Gasteiger partial charge is 0.279 e. The quantitative estimate of drug-likeness (QED) is 0.817. The molecule has 2 rings (SSSR count). The van der Waals surface area contributed by atoms with E-state index in [0.717, 1.165) is 17.0 Å². The second kappa shape index (κ2) is 7.37. The molecule has 1 heterocycles. The largest absolute Gasteiger partial charge is 0.363 e. The number of para-hydroxylation sites is 1. The summed E-state index contributed by atoms with van der Waals surface area (Å²) in [6.45, 7) is 3.93. The summed E-state index contributed by atoms with van der Waals surface area (Å²) in [6.07, 6.45) is 0. The number of benzene rings is 1. The number of carbonyl (C=O) groups is 2. The lowest BCUT2D eigenvalue weighted by Crippen LogP contribution is -2.38. The summed E-state index contributed by atoms with van der Waals surface area (Å²) in [4.78, 5) is 25.2. The van der Waals surface area contributed by atoms with Gasteiger partial charge in [-0.1, -0.05) is 41.3 Å². The fourth-order valence-electron chi connectivity index (χ4n) is 1.88. The van der Waals surface area contributed by atoms with Crippen molar-refractivity contribution in [1.82, 2.24) is 10.2 Å². The highest BCUT2D eigenvalue weighted by Crippen LogP contribution is 2.24.